The number of rotatable bonds is 4. The minimum atomic E-state index is 0.881. The van der Waals surface area contributed by atoms with Crippen LogP contribution in [0.4, 0.5) is 0 Å². The average Bonchev–Trinajstić information content (AvgIpc) is 2.79. The summed E-state index contributed by atoms with van der Waals surface area (Å²) in [4.78, 5) is 2.65. The fourth-order valence-corrected chi connectivity index (χ4v) is 3.46. The summed E-state index contributed by atoms with van der Waals surface area (Å²) in [5.41, 5.74) is 0. The van der Waals surface area contributed by atoms with Crippen molar-refractivity contribution in [2.24, 2.45) is 11.8 Å². The van der Waals surface area contributed by atoms with Crippen molar-refractivity contribution in [2.75, 3.05) is 26.7 Å². The van der Waals surface area contributed by atoms with Crippen LogP contribution in [-0.2, 0) is 0 Å². The first-order valence-electron chi connectivity index (χ1n) is 7.20. The second-order valence-corrected chi connectivity index (χ2v) is 5.89. The van der Waals surface area contributed by atoms with E-state index in [1.54, 1.807) is 0 Å². The van der Waals surface area contributed by atoms with Gasteiger partial charge in [0.05, 0.1) is 0 Å². The second-order valence-electron chi connectivity index (χ2n) is 5.89. The molecule has 0 aromatic rings. The largest absolute Gasteiger partial charge is 0.316 e. The number of nitrogens with one attached hydrogen (secondary N) is 1. The van der Waals surface area contributed by atoms with Crippen molar-refractivity contribution in [3.8, 4) is 0 Å². The molecular formula is C14H28N2. The lowest BCUT2D eigenvalue weighted by molar-refractivity contribution is 0.186. The molecule has 1 aliphatic carbocycles. The third-order valence-corrected chi connectivity index (χ3v) is 4.66. The zero-order valence-corrected chi connectivity index (χ0v) is 11.0. The van der Waals surface area contributed by atoms with Gasteiger partial charge in [0.1, 0.15) is 0 Å². The fraction of sp³-hybridized carbons (Fsp3) is 1.00. The lowest BCUT2D eigenvalue weighted by atomic mass is 9.98. The number of hydrogen-bond donors (Lipinski definition) is 1. The molecule has 0 amide bonds. The van der Waals surface area contributed by atoms with Gasteiger partial charge in [0.25, 0.3) is 0 Å². The van der Waals surface area contributed by atoms with Gasteiger partial charge < -0.3 is 10.2 Å². The van der Waals surface area contributed by atoms with E-state index in [4.69, 9.17) is 0 Å². The Morgan fingerprint density at radius 1 is 1.19 bits per heavy atom. The van der Waals surface area contributed by atoms with Crippen LogP contribution in [0.15, 0.2) is 0 Å². The third kappa shape index (κ3) is 3.21. The molecule has 2 aliphatic rings. The van der Waals surface area contributed by atoms with E-state index in [2.05, 4.69) is 24.2 Å². The van der Waals surface area contributed by atoms with Gasteiger partial charge in [0, 0.05) is 12.6 Å². The van der Waals surface area contributed by atoms with E-state index in [1.807, 2.05) is 0 Å². The number of nitrogens with zero attached hydrogens (tertiary/aromatic N) is 1. The van der Waals surface area contributed by atoms with E-state index >= 15 is 0 Å². The normalized spacial score (nSPS) is 35.8. The lowest BCUT2D eigenvalue weighted by Crippen LogP contribution is -2.40. The molecule has 0 aromatic heterocycles. The van der Waals surface area contributed by atoms with Gasteiger partial charge >= 0.3 is 0 Å². The molecule has 3 unspecified atom stereocenters. The van der Waals surface area contributed by atoms with E-state index in [1.165, 1.54) is 58.2 Å². The van der Waals surface area contributed by atoms with E-state index in [-0.39, 0.29) is 0 Å². The summed E-state index contributed by atoms with van der Waals surface area (Å²) in [7, 11) is 2.34. The Morgan fingerprint density at radius 3 is 2.69 bits per heavy atom. The molecule has 2 heteroatoms. The zero-order valence-electron chi connectivity index (χ0n) is 11.0. The Kier molecular flexibility index (Phi) is 4.66. The molecule has 94 valence electrons. The van der Waals surface area contributed by atoms with Gasteiger partial charge in [0.2, 0.25) is 0 Å². The summed E-state index contributed by atoms with van der Waals surface area (Å²) in [6.45, 7) is 6.14. The van der Waals surface area contributed by atoms with Crippen LogP contribution in [-0.4, -0.2) is 37.6 Å². The lowest BCUT2D eigenvalue weighted by Gasteiger charge is -2.31. The molecule has 2 rings (SSSR count). The third-order valence-electron chi connectivity index (χ3n) is 4.66. The molecule has 1 saturated carbocycles. The Bertz CT molecular complexity index is 199. The monoisotopic (exact) mass is 224 g/mol. The molecule has 1 saturated heterocycles. The molecule has 1 aliphatic heterocycles. The molecule has 3 atom stereocenters. The van der Waals surface area contributed by atoms with Crippen molar-refractivity contribution in [2.45, 2.75) is 51.5 Å². The Balaban J connectivity index is 1.72. The standard InChI is InChI=1S/C14H28N2/c1-3-12-6-7-14(9-12)16(2)11-13-5-4-8-15-10-13/h12-15H,3-11H2,1-2H3. The fourth-order valence-electron chi connectivity index (χ4n) is 3.46. The average molecular weight is 224 g/mol. The Labute approximate surface area is 101 Å². The van der Waals surface area contributed by atoms with E-state index < -0.39 is 0 Å². The van der Waals surface area contributed by atoms with Crippen LogP contribution < -0.4 is 5.32 Å². The van der Waals surface area contributed by atoms with Crippen molar-refractivity contribution in [3.63, 3.8) is 0 Å². The molecule has 16 heavy (non-hydrogen) atoms. The zero-order chi connectivity index (χ0) is 11.4. The quantitative estimate of drug-likeness (QED) is 0.789. The van der Waals surface area contributed by atoms with Crippen LogP contribution in [0.25, 0.3) is 0 Å². The van der Waals surface area contributed by atoms with Gasteiger partial charge in [-0.2, -0.15) is 0 Å². The van der Waals surface area contributed by atoms with Crippen LogP contribution in [0.2, 0.25) is 0 Å². The summed E-state index contributed by atoms with van der Waals surface area (Å²) in [6, 6.07) is 0.881. The summed E-state index contributed by atoms with van der Waals surface area (Å²) >= 11 is 0. The molecule has 2 nitrogen and oxygen atoms in total. The van der Waals surface area contributed by atoms with Crippen LogP contribution in [0.5, 0.6) is 0 Å². The van der Waals surface area contributed by atoms with Gasteiger partial charge in [-0.1, -0.05) is 13.3 Å². The molecule has 0 radical (unpaired) electrons. The topological polar surface area (TPSA) is 15.3 Å². The highest BCUT2D eigenvalue weighted by molar-refractivity contribution is 4.83. The highest BCUT2D eigenvalue weighted by Crippen LogP contribution is 2.31. The van der Waals surface area contributed by atoms with Crippen molar-refractivity contribution < 1.29 is 0 Å². The molecule has 1 heterocycles. The van der Waals surface area contributed by atoms with Gasteiger partial charge in [-0.15, -0.1) is 0 Å². The van der Waals surface area contributed by atoms with E-state index in [0.29, 0.717) is 0 Å². The van der Waals surface area contributed by atoms with Crippen LogP contribution >= 0.6 is 0 Å². The summed E-state index contributed by atoms with van der Waals surface area (Å²) < 4.78 is 0. The molecule has 1 N–H and O–H groups in total. The smallest absolute Gasteiger partial charge is 0.00950 e. The molecule has 2 fully saturated rings. The van der Waals surface area contributed by atoms with Crippen LogP contribution in [0, 0.1) is 11.8 Å². The van der Waals surface area contributed by atoms with E-state index in [9.17, 15) is 0 Å². The Hall–Kier alpha value is -0.0800. The van der Waals surface area contributed by atoms with Gasteiger partial charge in [-0.25, -0.2) is 0 Å². The summed E-state index contributed by atoms with van der Waals surface area (Å²) in [5, 5.41) is 3.52. The predicted molar refractivity (Wildman–Crippen MR) is 69.6 cm³/mol. The molecule has 0 bridgehead atoms. The van der Waals surface area contributed by atoms with E-state index in [0.717, 1.165) is 17.9 Å². The first-order valence-corrected chi connectivity index (χ1v) is 7.20. The van der Waals surface area contributed by atoms with Crippen molar-refractivity contribution in [1.29, 1.82) is 0 Å². The highest BCUT2D eigenvalue weighted by atomic mass is 15.1. The van der Waals surface area contributed by atoms with Crippen LogP contribution in [0.3, 0.4) is 0 Å². The SMILES string of the molecule is CCC1CCC(N(C)CC2CCCNC2)C1. The predicted octanol–water partition coefficient (Wildman–Crippen LogP) is 2.50. The number of piperidine rings is 1. The van der Waals surface area contributed by atoms with Crippen LogP contribution in [0.1, 0.15) is 45.4 Å². The first kappa shape index (κ1) is 12.4. The molecule has 0 spiro atoms. The minimum absolute atomic E-state index is 0.881. The van der Waals surface area contributed by atoms with Gasteiger partial charge in [0.15, 0.2) is 0 Å². The van der Waals surface area contributed by atoms with Crippen molar-refractivity contribution in [3.05, 3.63) is 0 Å². The minimum Gasteiger partial charge on any atom is -0.316 e. The maximum absolute atomic E-state index is 3.52. The second kappa shape index (κ2) is 6.02. The number of hydrogen-bond acceptors (Lipinski definition) is 2. The van der Waals surface area contributed by atoms with Gasteiger partial charge in [-0.05, 0) is 64.1 Å². The molecular weight excluding hydrogens is 196 g/mol. The van der Waals surface area contributed by atoms with Crippen molar-refractivity contribution >= 4 is 0 Å². The highest BCUT2D eigenvalue weighted by Gasteiger charge is 2.27. The maximum atomic E-state index is 3.52. The van der Waals surface area contributed by atoms with Gasteiger partial charge in [-0.3, -0.25) is 0 Å². The summed E-state index contributed by atoms with van der Waals surface area (Å²) in [5.74, 6) is 1.91. The Morgan fingerprint density at radius 2 is 2.06 bits per heavy atom. The molecule has 0 aromatic carbocycles. The maximum Gasteiger partial charge on any atom is 0.00950 e. The van der Waals surface area contributed by atoms with Crippen molar-refractivity contribution in [1.82, 2.24) is 10.2 Å². The first-order chi connectivity index (χ1) is 7.79. The summed E-state index contributed by atoms with van der Waals surface area (Å²) in [6.07, 6.45) is 8.55.